The summed E-state index contributed by atoms with van der Waals surface area (Å²) in [5.74, 6) is -2.02. The number of carbonyl (C=O) groups is 3. The number of anilines is 1. The molecule has 1 saturated heterocycles. The van der Waals surface area contributed by atoms with E-state index in [1.54, 1.807) is 26.8 Å². The van der Waals surface area contributed by atoms with Gasteiger partial charge in [-0.1, -0.05) is 24.3 Å². The van der Waals surface area contributed by atoms with E-state index < -0.39 is 39.7 Å². The molecule has 1 fully saturated rings. The minimum absolute atomic E-state index is 0.0145. The number of amides is 2. The number of rotatable bonds is 7. The highest BCUT2D eigenvalue weighted by molar-refractivity contribution is 7.92. The summed E-state index contributed by atoms with van der Waals surface area (Å²) in [7, 11) is -4.31. The number of carbonyl (C=O) groups excluding carboxylic acids is 2. The third kappa shape index (κ3) is 7.97. The maximum absolute atomic E-state index is 13.2. The number of benzene rings is 2. The molecule has 13 nitrogen and oxygen atoms in total. The van der Waals surface area contributed by atoms with E-state index in [1.165, 1.54) is 23.1 Å². The fraction of sp³-hybridized carbons (Fsp3) is 0.345. The molecule has 0 spiro atoms. The first-order valence-electron chi connectivity index (χ1n) is 13.3. The Morgan fingerprint density at radius 1 is 1.07 bits per heavy atom. The Hall–Kier alpha value is -4.72. The molecule has 2 amide bonds. The van der Waals surface area contributed by atoms with Crippen LogP contribution in [-0.2, 0) is 19.6 Å². The van der Waals surface area contributed by atoms with Gasteiger partial charge in [-0.2, -0.15) is 4.98 Å². The van der Waals surface area contributed by atoms with Gasteiger partial charge in [0.05, 0.1) is 29.2 Å². The Bertz CT molecular complexity index is 1650. The smallest absolute Gasteiger partial charge is 0.410 e. The molecule has 0 radical (unpaired) electrons. The van der Waals surface area contributed by atoms with E-state index in [1.807, 2.05) is 32.0 Å². The van der Waals surface area contributed by atoms with Gasteiger partial charge in [-0.05, 0) is 63.9 Å². The van der Waals surface area contributed by atoms with Crippen LogP contribution in [0.4, 0.5) is 10.7 Å². The van der Waals surface area contributed by atoms with Crippen molar-refractivity contribution in [2.45, 2.75) is 51.2 Å². The molecule has 3 aromatic rings. The number of hydrogen-bond acceptors (Lipinski definition) is 9. The van der Waals surface area contributed by atoms with Gasteiger partial charge in [-0.25, -0.2) is 27.7 Å². The highest BCUT2D eigenvalue weighted by Crippen LogP contribution is 2.30. The first-order valence-corrected chi connectivity index (χ1v) is 14.8. The predicted molar refractivity (Wildman–Crippen MR) is 156 cm³/mol. The zero-order chi connectivity index (χ0) is 31.5. The minimum atomic E-state index is -4.31. The van der Waals surface area contributed by atoms with Gasteiger partial charge < -0.3 is 19.9 Å². The van der Waals surface area contributed by atoms with E-state index in [4.69, 9.17) is 9.47 Å². The average molecular weight is 612 g/mol. The fourth-order valence-electron chi connectivity index (χ4n) is 4.40. The molecular weight excluding hydrogens is 578 g/mol. The van der Waals surface area contributed by atoms with Crippen molar-refractivity contribution in [2.75, 3.05) is 24.4 Å². The summed E-state index contributed by atoms with van der Waals surface area (Å²) in [6, 6.07) is 12.1. The molecule has 1 aromatic heterocycles. The van der Waals surface area contributed by atoms with E-state index in [2.05, 4.69) is 20.0 Å². The molecule has 14 heteroatoms. The molecule has 1 atom stereocenters. The van der Waals surface area contributed by atoms with Gasteiger partial charge in [0.1, 0.15) is 18.2 Å². The van der Waals surface area contributed by atoms with Crippen LogP contribution < -0.4 is 14.8 Å². The highest BCUT2D eigenvalue weighted by atomic mass is 32.2. The molecule has 1 aliphatic heterocycles. The van der Waals surface area contributed by atoms with Crippen LogP contribution in [0, 0.1) is 13.8 Å². The number of nitrogens with zero attached hydrogens (tertiary/aromatic N) is 3. The van der Waals surface area contributed by atoms with Crippen molar-refractivity contribution in [2.24, 2.45) is 0 Å². The Kier molecular flexibility index (Phi) is 8.90. The summed E-state index contributed by atoms with van der Waals surface area (Å²) in [5, 5.41) is 12.0. The molecular formula is C29H33N5O8S. The van der Waals surface area contributed by atoms with E-state index in [-0.39, 0.29) is 41.9 Å². The second-order valence-corrected chi connectivity index (χ2v) is 12.7. The maximum atomic E-state index is 13.2. The van der Waals surface area contributed by atoms with Gasteiger partial charge in [-0.3, -0.25) is 9.69 Å². The number of aromatic nitrogens is 2. The van der Waals surface area contributed by atoms with Gasteiger partial charge in [0.25, 0.3) is 10.0 Å². The Morgan fingerprint density at radius 2 is 1.74 bits per heavy atom. The van der Waals surface area contributed by atoms with Crippen molar-refractivity contribution < 1.29 is 37.4 Å². The average Bonchev–Trinajstić information content (AvgIpc) is 3.08. The molecule has 2 heterocycles. The number of sulfonamides is 1. The van der Waals surface area contributed by atoms with Crippen molar-refractivity contribution in [3.63, 3.8) is 0 Å². The molecule has 0 aliphatic carbocycles. The van der Waals surface area contributed by atoms with E-state index in [9.17, 15) is 27.9 Å². The molecule has 4 rings (SSSR count). The van der Waals surface area contributed by atoms with Gasteiger partial charge >= 0.3 is 12.1 Å². The molecule has 228 valence electrons. The van der Waals surface area contributed by atoms with E-state index >= 15 is 0 Å². The summed E-state index contributed by atoms with van der Waals surface area (Å²) >= 11 is 0. The van der Waals surface area contributed by atoms with Crippen molar-refractivity contribution in [1.82, 2.24) is 20.2 Å². The van der Waals surface area contributed by atoms with Crippen LogP contribution in [-0.4, -0.2) is 77.7 Å². The standard InChI is InChI=1S/C29H33N5O8S/c1-17-8-6-9-18(2)25(17)22-13-24(41-20-14-30-23(35)16-34(15-20)28(38)42-29(3,4)5)32-27(31-22)33-43(39,40)21-11-7-10-19(12-21)26(36)37/h6-13,20H,14-16H2,1-5H3,(H,30,35)(H,36,37)(H,31,32,33). The first kappa shape index (κ1) is 31.2. The van der Waals surface area contributed by atoms with Crippen LogP contribution in [0.15, 0.2) is 53.4 Å². The molecule has 1 unspecified atom stereocenters. The SMILES string of the molecule is Cc1cccc(C)c1-c1cc(OC2CNC(=O)CN(C(=O)OC(C)(C)C)C2)nc(NS(=O)(=O)c2cccc(C(=O)O)c2)n1. The summed E-state index contributed by atoms with van der Waals surface area (Å²) in [6.45, 7) is 8.71. The van der Waals surface area contributed by atoms with Gasteiger partial charge in [-0.15, -0.1) is 0 Å². The number of aromatic carboxylic acids is 1. The van der Waals surface area contributed by atoms with Crippen molar-refractivity contribution in [1.29, 1.82) is 0 Å². The molecule has 3 N–H and O–H groups in total. The lowest BCUT2D eigenvalue weighted by Crippen LogP contribution is -2.43. The predicted octanol–water partition coefficient (Wildman–Crippen LogP) is 3.37. The van der Waals surface area contributed by atoms with Crippen LogP contribution in [0.5, 0.6) is 5.88 Å². The van der Waals surface area contributed by atoms with Crippen molar-refractivity contribution in [3.8, 4) is 17.1 Å². The second kappa shape index (κ2) is 12.3. The van der Waals surface area contributed by atoms with Crippen LogP contribution in [0.1, 0.15) is 42.3 Å². The van der Waals surface area contributed by atoms with Crippen LogP contribution in [0.3, 0.4) is 0 Å². The zero-order valence-corrected chi connectivity index (χ0v) is 25.2. The van der Waals surface area contributed by atoms with Crippen molar-refractivity contribution in [3.05, 3.63) is 65.2 Å². The van der Waals surface area contributed by atoms with Crippen LogP contribution in [0.25, 0.3) is 11.3 Å². The molecule has 1 aliphatic rings. The summed E-state index contributed by atoms with van der Waals surface area (Å²) < 4.78 is 40.4. The summed E-state index contributed by atoms with van der Waals surface area (Å²) in [6.07, 6.45) is -1.45. The maximum Gasteiger partial charge on any atom is 0.410 e. The normalized spacial score (nSPS) is 15.7. The third-order valence-corrected chi connectivity index (χ3v) is 7.61. The highest BCUT2D eigenvalue weighted by Gasteiger charge is 2.31. The Labute approximate surface area is 249 Å². The Morgan fingerprint density at radius 3 is 2.40 bits per heavy atom. The number of ether oxygens (including phenoxy) is 2. The quantitative estimate of drug-likeness (QED) is 0.359. The third-order valence-electron chi connectivity index (χ3n) is 6.28. The topological polar surface area (TPSA) is 177 Å². The number of carboxylic acids is 1. The second-order valence-electron chi connectivity index (χ2n) is 11.0. The number of carboxylic acid groups (broad SMARTS) is 1. The van der Waals surface area contributed by atoms with Gasteiger partial charge in [0.15, 0.2) is 0 Å². The Balaban J connectivity index is 1.71. The monoisotopic (exact) mass is 611 g/mol. The largest absolute Gasteiger partial charge is 0.478 e. The van der Waals surface area contributed by atoms with E-state index in [0.29, 0.717) is 5.69 Å². The lowest BCUT2D eigenvalue weighted by Gasteiger charge is -2.27. The molecule has 43 heavy (non-hydrogen) atoms. The number of aryl methyl sites for hydroxylation is 2. The van der Waals surface area contributed by atoms with E-state index in [0.717, 1.165) is 22.8 Å². The summed E-state index contributed by atoms with van der Waals surface area (Å²) in [5.41, 5.74) is 1.84. The lowest BCUT2D eigenvalue weighted by molar-refractivity contribution is -0.121. The molecule has 0 saturated carbocycles. The molecule has 0 bridgehead atoms. The van der Waals surface area contributed by atoms with Crippen LogP contribution >= 0.6 is 0 Å². The molecule has 2 aromatic carbocycles. The number of hydrogen-bond donors (Lipinski definition) is 3. The first-order chi connectivity index (χ1) is 20.1. The minimum Gasteiger partial charge on any atom is -0.478 e. The van der Waals surface area contributed by atoms with Crippen LogP contribution in [0.2, 0.25) is 0 Å². The van der Waals surface area contributed by atoms with Gasteiger partial charge in [0, 0.05) is 11.6 Å². The van der Waals surface area contributed by atoms with Crippen molar-refractivity contribution >= 4 is 33.9 Å². The lowest BCUT2D eigenvalue weighted by atomic mass is 10.00. The fourth-order valence-corrected chi connectivity index (χ4v) is 5.39. The number of nitrogens with one attached hydrogen (secondary N) is 2. The van der Waals surface area contributed by atoms with Gasteiger partial charge in [0.2, 0.25) is 17.7 Å². The zero-order valence-electron chi connectivity index (χ0n) is 24.4. The summed E-state index contributed by atoms with van der Waals surface area (Å²) in [4.78, 5) is 46.1.